The number of aromatic nitrogens is 2. The highest BCUT2D eigenvalue weighted by Crippen LogP contribution is 2.22. The van der Waals surface area contributed by atoms with E-state index in [0.29, 0.717) is 17.4 Å². The van der Waals surface area contributed by atoms with Gasteiger partial charge in [0.15, 0.2) is 0 Å². The van der Waals surface area contributed by atoms with E-state index in [1.54, 1.807) is 23.9 Å². The van der Waals surface area contributed by atoms with Gasteiger partial charge in [-0.25, -0.2) is 0 Å². The van der Waals surface area contributed by atoms with Gasteiger partial charge in [0.1, 0.15) is 23.9 Å². The van der Waals surface area contributed by atoms with Crippen molar-refractivity contribution in [3.8, 4) is 5.75 Å². The van der Waals surface area contributed by atoms with Crippen LogP contribution in [0.25, 0.3) is 0 Å². The van der Waals surface area contributed by atoms with Crippen LogP contribution in [-0.4, -0.2) is 9.78 Å². The van der Waals surface area contributed by atoms with Crippen LogP contribution in [0.1, 0.15) is 11.3 Å². The van der Waals surface area contributed by atoms with Crippen molar-refractivity contribution in [3.63, 3.8) is 0 Å². The molecule has 0 spiro atoms. The minimum atomic E-state index is 0.396. The van der Waals surface area contributed by atoms with Crippen LogP contribution in [-0.2, 0) is 13.7 Å². The van der Waals surface area contributed by atoms with E-state index in [1.807, 2.05) is 19.1 Å². The van der Waals surface area contributed by atoms with Crippen LogP contribution < -0.4 is 10.5 Å². The van der Waals surface area contributed by atoms with Crippen LogP contribution in [0.15, 0.2) is 24.3 Å². The van der Waals surface area contributed by atoms with Gasteiger partial charge >= 0.3 is 0 Å². The number of aryl methyl sites for hydroxylation is 2. The minimum Gasteiger partial charge on any atom is -0.487 e. The second-order valence-electron chi connectivity index (χ2n) is 3.88. The fourth-order valence-electron chi connectivity index (χ4n) is 1.54. The fourth-order valence-corrected chi connectivity index (χ4v) is 1.77. The van der Waals surface area contributed by atoms with Crippen LogP contribution in [0, 0.1) is 6.92 Å². The van der Waals surface area contributed by atoms with E-state index in [0.717, 1.165) is 17.0 Å². The van der Waals surface area contributed by atoms with Gasteiger partial charge in [-0.1, -0.05) is 11.6 Å². The normalized spacial score (nSPS) is 10.5. The van der Waals surface area contributed by atoms with Gasteiger partial charge in [0, 0.05) is 18.1 Å². The third-order valence-corrected chi connectivity index (χ3v) is 2.71. The van der Waals surface area contributed by atoms with Crippen molar-refractivity contribution in [2.75, 3.05) is 5.73 Å². The Morgan fingerprint density at radius 3 is 2.76 bits per heavy atom. The SMILES string of the molecule is Cc1cc(Cl)ccc1OCc1cc(N)n(C)n1. The molecule has 1 aromatic heterocycles. The lowest BCUT2D eigenvalue weighted by molar-refractivity contribution is 0.298. The van der Waals surface area contributed by atoms with Crippen molar-refractivity contribution < 1.29 is 4.74 Å². The Labute approximate surface area is 105 Å². The maximum atomic E-state index is 5.87. The maximum absolute atomic E-state index is 5.87. The summed E-state index contributed by atoms with van der Waals surface area (Å²) >= 11 is 5.87. The van der Waals surface area contributed by atoms with Gasteiger partial charge in [0.05, 0.1) is 0 Å². The van der Waals surface area contributed by atoms with E-state index in [4.69, 9.17) is 22.1 Å². The molecule has 0 radical (unpaired) electrons. The standard InChI is InChI=1S/C12H14ClN3O/c1-8-5-9(13)3-4-11(8)17-7-10-6-12(14)16(2)15-10/h3-6H,7,14H2,1-2H3. The number of rotatable bonds is 3. The van der Waals surface area contributed by atoms with Gasteiger partial charge in [-0.3, -0.25) is 4.68 Å². The molecule has 0 saturated heterocycles. The summed E-state index contributed by atoms with van der Waals surface area (Å²) in [6, 6.07) is 7.32. The monoisotopic (exact) mass is 251 g/mol. The van der Waals surface area contributed by atoms with Crippen molar-refractivity contribution in [1.29, 1.82) is 0 Å². The molecule has 90 valence electrons. The van der Waals surface area contributed by atoms with Gasteiger partial charge in [-0.05, 0) is 30.7 Å². The molecule has 1 heterocycles. The molecule has 1 aromatic carbocycles. The van der Waals surface area contributed by atoms with E-state index in [1.165, 1.54) is 0 Å². The Kier molecular flexibility index (Phi) is 3.24. The van der Waals surface area contributed by atoms with Crippen LogP contribution in [0.3, 0.4) is 0 Å². The van der Waals surface area contributed by atoms with Crippen molar-refractivity contribution in [1.82, 2.24) is 9.78 Å². The first-order valence-electron chi connectivity index (χ1n) is 5.23. The molecule has 5 heteroatoms. The number of nitrogens with zero attached hydrogens (tertiary/aromatic N) is 2. The van der Waals surface area contributed by atoms with E-state index in [9.17, 15) is 0 Å². The summed E-state index contributed by atoms with van der Waals surface area (Å²) in [4.78, 5) is 0. The molecule has 4 nitrogen and oxygen atoms in total. The number of anilines is 1. The molecule has 0 amide bonds. The van der Waals surface area contributed by atoms with Crippen LogP contribution >= 0.6 is 11.6 Å². The molecule has 0 unspecified atom stereocenters. The largest absolute Gasteiger partial charge is 0.487 e. The summed E-state index contributed by atoms with van der Waals surface area (Å²) in [6.07, 6.45) is 0. The average Bonchev–Trinajstić information content (AvgIpc) is 2.57. The summed E-state index contributed by atoms with van der Waals surface area (Å²) in [5.74, 6) is 1.43. The van der Waals surface area contributed by atoms with Gasteiger partial charge in [-0.2, -0.15) is 5.10 Å². The number of nitrogens with two attached hydrogens (primary N) is 1. The molecule has 0 saturated carbocycles. The van der Waals surface area contributed by atoms with E-state index < -0.39 is 0 Å². The molecule has 2 N–H and O–H groups in total. The zero-order chi connectivity index (χ0) is 12.4. The highest BCUT2D eigenvalue weighted by molar-refractivity contribution is 6.30. The highest BCUT2D eigenvalue weighted by atomic mass is 35.5. The molecule has 0 aliphatic heterocycles. The van der Waals surface area contributed by atoms with Crippen LogP contribution in [0.4, 0.5) is 5.82 Å². The lowest BCUT2D eigenvalue weighted by Gasteiger charge is -2.07. The molecule has 2 aromatic rings. The summed E-state index contributed by atoms with van der Waals surface area (Å²) in [7, 11) is 1.80. The molecule has 2 rings (SSSR count). The molecular formula is C12H14ClN3O. The zero-order valence-electron chi connectivity index (χ0n) is 9.77. The third-order valence-electron chi connectivity index (χ3n) is 2.48. The van der Waals surface area contributed by atoms with E-state index in [2.05, 4.69) is 5.10 Å². The Bertz CT molecular complexity index is 517. The molecule has 0 atom stereocenters. The number of halogens is 1. The Morgan fingerprint density at radius 2 is 2.18 bits per heavy atom. The number of ether oxygens (including phenoxy) is 1. The van der Waals surface area contributed by atoms with Crippen molar-refractivity contribution in [2.45, 2.75) is 13.5 Å². The zero-order valence-corrected chi connectivity index (χ0v) is 10.5. The molecular weight excluding hydrogens is 238 g/mol. The average molecular weight is 252 g/mol. The molecule has 17 heavy (non-hydrogen) atoms. The molecule has 0 fully saturated rings. The molecule has 0 aliphatic rings. The first-order valence-corrected chi connectivity index (χ1v) is 5.61. The predicted molar refractivity (Wildman–Crippen MR) is 68.1 cm³/mol. The Hall–Kier alpha value is -1.68. The first kappa shape index (κ1) is 11.8. The lowest BCUT2D eigenvalue weighted by Crippen LogP contribution is -2.00. The summed E-state index contributed by atoms with van der Waals surface area (Å²) in [6.45, 7) is 2.35. The van der Waals surface area contributed by atoms with Gasteiger partial charge in [0.2, 0.25) is 0 Å². The summed E-state index contributed by atoms with van der Waals surface area (Å²) in [5.41, 5.74) is 7.49. The molecule has 0 aliphatic carbocycles. The quantitative estimate of drug-likeness (QED) is 0.912. The maximum Gasteiger partial charge on any atom is 0.132 e. The lowest BCUT2D eigenvalue weighted by atomic mass is 10.2. The smallest absolute Gasteiger partial charge is 0.132 e. The second-order valence-corrected chi connectivity index (χ2v) is 4.32. The summed E-state index contributed by atoms with van der Waals surface area (Å²) < 4.78 is 7.27. The van der Waals surface area contributed by atoms with Crippen LogP contribution in [0.2, 0.25) is 5.02 Å². The number of hydrogen-bond acceptors (Lipinski definition) is 3. The van der Waals surface area contributed by atoms with E-state index >= 15 is 0 Å². The highest BCUT2D eigenvalue weighted by Gasteiger charge is 2.04. The van der Waals surface area contributed by atoms with Gasteiger partial charge in [0.25, 0.3) is 0 Å². The van der Waals surface area contributed by atoms with Crippen molar-refractivity contribution in [2.24, 2.45) is 7.05 Å². The Morgan fingerprint density at radius 1 is 1.41 bits per heavy atom. The number of nitrogen functional groups attached to an aromatic ring is 1. The summed E-state index contributed by atoms with van der Waals surface area (Å²) in [5, 5.41) is 4.92. The number of benzene rings is 1. The van der Waals surface area contributed by atoms with Gasteiger partial charge < -0.3 is 10.5 Å². The van der Waals surface area contributed by atoms with Crippen molar-refractivity contribution in [3.05, 3.63) is 40.5 Å². The fraction of sp³-hybridized carbons (Fsp3) is 0.250. The second kappa shape index (κ2) is 4.67. The predicted octanol–water partition coefficient (Wildman–Crippen LogP) is 2.54. The van der Waals surface area contributed by atoms with Gasteiger partial charge in [-0.15, -0.1) is 0 Å². The van der Waals surface area contributed by atoms with E-state index in [-0.39, 0.29) is 0 Å². The van der Waals surface area contributed by atoms with Crippen LogP contribution in [0.5, 0.6) is 5.75 Å². The Balaban J connectivity index is 2.07. The number of hydrogen-bond donors (Lipinski definition) is 1. The molecule has 0 bridgehead atoms. The van der Waals surface area contributed by atoms with Crippen molar-refractivity contribution >= 4 is 17.4 Å². The first-order chi connectivity index (χ1) is 8.06. The minimum absolute atomic E-state index is 0.396. The third kappa shape index (κ3) is 2.71. The topological polar surface area (TPSA) is 53.1 Å².